The summed E-state index contributed by atoms with van der Waals surface area (Å²) in [6.45, 7) is 0. The molecule has 0 fully saturated rings. The molecule has 0 radical (unpaired) electrons. The third kappa shape index (κ3) is 0.606. The van der Waals surface area contributed by atoms with Crippen LogP contribution in [0, 0.1) is 0 Å². The van der Waals surface area contributed by atoms with E-state index in [1.165, 1.54) is 0 Å². The molecule has 0 aromatic heterocycles. The molecular weight excluding hydrogens is 155 g/mol. The Morgan fingerprint density at radius 1 is 1.00 bits per heavy atom. The van der Waals surface area contributed by atoms with E-state index in [1.807, 2.05) is 24.3 Å². The van der Waals surface area contributed by atoms with Crippen molar-refractivity contribution in [3.63, 3.8) is 0 Å². The van der Waals surface area contributed by atoms with Crippen LogP contribution in [-0.2, 0) is 4.33 Å². The van der Waals surface area contributed by atoms with Gasteiger partial charge in [0.05, 0.1) is 0 Å². The van der Waals surface area contributed by atoms with E-state index in [9.17, 15) is 0 Å². The minimum absolute atomic E-state index is 0.649. The normalized spacial score (nSPS) is 18.9. The van der Waals surface area contributed by atoms with Gasteiger partial charge in [-0.1, -0.05) is 47.5 Å². The molecule has 1 aliphatic rings. The van der Waals surface area contributed by atoms with Crippen molar-refractivity contribution < 1.29 is 0 Å². The molecule has 0 bridgehead atoms. The summed E-state index contributed by atoms with van der Waals surface area (Å²) in [7, 11) is 0. The highest BCUT2D eigenvalue weighted by atomic mass is 35.5. The van der Waals surface area contributed by atoms with Crippen LogP contribution in [0.1, 0.15) is 11.1 Å². The van der Waals surface area contributed by atoms with Crippen LogP contribution < -0.4 is 0 Å². The van der Waals surface area contributed by atoms with Gasteiger partial charge in [-0.25, -0.2) is 0 Å². The second kappa shape index (κ2) is 1.44. The van der Waals surface area contributed by atoms with E-state index in [-0.39, 0.29) is 0 Å². The van der Waals surface area contributed by atoms with Gasteiger partial charge in [-0.15, -0.1) is 0 Å². The molecule has 9 heavy (non-hydrogen) atoms. The average molecular weight is 159 g/mol. The summed E-state index contributed by atoms with van der Waals surface area (Å²) in [6.07, 6.45) is 0. The highest BCUT2D eigenvalue weighted by Crippen LogP contribution is 2.56. The average Bonchev–Trinajstić information content (AvgIpc) is 2.39. The third-order valence-electron chi connectivity index (χ3n) is 1.54. The highest BCUT2D eigenvalue weighted by molar-refractivity contribution is 6.53. The minimum Gasteiger partial charge on any atom is -0.0909 e. The predicted octanol–water partition coefficient (Wildman–Crippen LogP) is 2.68. The second-order valence-electron chi connectivity index (χ2n) is 2.12. The summed E-state index contributed by atoms with van der Waals surface area (Å²) < 4.78 is -0.649. The van der Waals surface area contributed by atoms with Crippen molar-refractivity contribution in [3.8, 4) is 0 Å². The molecule has 0 nitrogen and oxygen atoms in total. The van der Waals surface area contributed by atoms with E-state index in [0.717, 1.165) is 11.1 Å². The number of rotatable bonds is 0. The van der Waals surface area contributed by atoms with Crippen LogP contribution in [0.3, 0.4) is 0 Å². The van der Waals surface area contributed by atoms with Gasteiger partial charge in [-0.2, -0.15) is 0 Å². The summed E-state index contributed by atoms with van der Waals surface area (Å²) in [4.78, 5) is 0. The van der Waals surface area contributed by atoms with E-state index >= 15 is 0 Å². The Bertz CT molecular complexity index is 228. The minimum atomic E-state index is -0.649. The van der Waals surface area contributed by atoms with Gasteiger partial charge in [-0.3, -0.25) is 0 Å². The molecule has 0 amide bonds. The van der Waals surface area contributed by atoms with Crippen LogP contribution in [-0.4, -0.2) is 0 Å². The van der Waals surface area contributed by atoms with E-state index < -0.39 is 4.33 Å². The Morgan fingerprint density at radius 3 is 1.78 bits per heavy atom. The molecule has 1 aromatic rings. The molecule has 1 aromatic carbocycles. The van der Waals surface area contributed by atoms with Crippen LogP contribution in [0.25, 0.3) is 0 Å². The highest BCUT2D eigenvalue weighted by Gasteiger charge is 2.46. The number of halogens is 2. The quantitative estimate of drug-likeness (QED) is 0.510. The number of alkyl halides is 2. The van der Waals surface area contributed by atoms with E-state index in [0.29, 0.717) is 0 Å². The Morgan fingerprint density at radius 2 is 1.44 bits per heavy atom. The summed E-state index contributed by atoms with van der Waals surface area (Å²) in [5, 5.41) is 0. The fourth-order valence-corrected chi connectivity index (χ4v) is 1.53. The van der Waals surface area contributed by atoms with Crippen LogP contribution in [0.15, 0.2) is 24.3 Å². The molecule has 0 atom stereocenters. The molecule has 0 aliphatic heterocycles. The van der Waals surface area contributed by atoms with E-state index in [1.54, 1.807) is 0 Å². The first-order valence-corrected chi connectivity index (χ1v) is 3.46. The lowest BCUT2D eigenvalue weighted by atomic mass is 10.4. The van der Waals surface area contributed by atoms with Gasteiger partial charge >= 0.3 is 0 Å². The van der Waals surface area contributed by atoms with Crippen molar-refractivity contribution in [1.29, 1.82) is 0 Å². The summed E-state index contributed by atoms with van der Waals surface area (Å²) in [5.74, 6) is 0. The molecule has 0 heterocycles. The number of hydrogen-bond acceptors (Lipinski definition) is 0. The van der Waals surface area contributed by atoms with Crippen molar-refractivity contribution in [2.45, 2.75) is 4.33 Å². The molecule has 0 unspecified atom stereocenters. The molecule has 0 saturated carbocycles. The molecule has 2 rings (SSSR count). The van der Waals surface area contributed by atoms with Gasteiger partial charge in [0.1, 0.15) is 0 Å². The van der Waals surface area contributed by atoms with Crippen LogP contribution in [0.4, 0.5) is 0 Å². The summed E-state index contributed by atoms with van der Waals surface area (Å²) in [5.41, 5.74) is 2.10. The first kappa shape index (κ1) is 5.57. The van der Waals surface area contributed by atoms with Gasteiger partial charge in [0.25, 0.3) is 0 Å². The summed E-state index contributed by atoms with van der Waals surface area (Å²) >= 11 is 11.6. The van der Waals surface area contributed by atoms with Crippen molar-refractivity contribution in [3.05, 3.63) is 35.4 Å². The van der Waals surface area contributed by atoms with Gasteiger partial charge in [0.2, 0.25) is 0 Å². The van der Waals surface area contributed by atoms with Gasteiger partial charge in [0, 0.05) is 0 Å². The molecule has 0 spiro atoms. The topological polar surface area (TPSA) is 0 Å². The van der Waals surface area contributed by atoms with E-state index in [4.69, 9.17) is 23.2 Å². The van der Waals surface area contributed by atoms with Crippen LogP contribution >= 0.6 is 23.2 Å². The van der Waals surface area contributed by atoms with Gasteiger partial charge < -0.3 is 0 Å². The Kier molecular flexibility index (Phi) is 0.895. The standard InChI is InChI=1S/C7H4Cl2/c8-7(9)5-3-1-2-4-6(5)7/h1-4H. The van der Waals surface area contributed by atoms with Crippen molar-refractivity contribution in [2.75, 3.05) is 0 Å². The first-order valence-electron chi connectivity index (χ1n) is 2.71. The first-order chi connectivity index (χ1) is 4.23. The summed E-state index contributed by atoms with van der Waals surface area (Å²) in [6, 6.07) is 7.75. The SMILES string of the molecule is ClC1(Cl)c2ccccc21. The molecule has 0 saturated heterocycles. The molecule has 0 N–H and O–H groups in total. The monoisotopic (exact) mass is 158 g/mol. The fourth-order valence-electron chi connectivity index (χ4n) is 0.963. The zero-order valence-electron chi connectivity index (χ0n) is 4.57. The van der Waals surface area contributed by atoms with Crippen molar-refractivity contribution >= 4 is 23.2 Å². The fraction of sp³-hybridized carbons (Fsp3) is 0.143. The molecule has 2 heteroatoms. The largest absolute Gasteiger partial charge is 0.168 e. The maximum absolute atomic E-state index is 5.80. The lowest BCUT2D eigenvalue weighted by Crippen LogP contribution is -1.77. The number of fused-ring (bicyclic) bond motifs is 1. The zero-order chi connectivity index (χ0) is 6.48. The Balaban J connectivity index is 2.58. The van der Waals surface area contributed by atoms with Crippen LogP contribution in [0.5, 0.6) is 0 Å². The lowest BCUT2D eigenvalue weighted by Gasteiger charge is -1.86. The predicted molar refractivity (Wildman–Crippen MR) is 38.9 cm³/mol. The third-order valence-corrected chi connectivity index (χ3v) is 2.36. The maximum Gasteiger partial charge on any atom is 0.168 e. The smallest absolute Gasteiger partial charge is 0.0909 e. The molecule has 46 valence electrons. The maximum atomic E-state index is 5.80. The van der Waals surface area contributed by atoms with E-state index in [2.05, 4.69) is 0 Å². The Labute approximate surface area is 63.4 Å². The number of benzene rings is 1. The van der Waals surface area contributed by atoms with Crippen molar-refractivity contribution in [1.82, 2.24) is 0 Å². The van der Waals surface area contributed by atoms with Gasteiger partial charge in [-0.05, 0) is 11.1 Å². The number of hydrogen-bond donors (Lipinski definition) is 0. The van der Waals surface area contributed by atoms with Gasteiger partial charge in [0.15, 0.2) is 4.33 Å². The Hall–Kier alpha value is -0.200. The second-order valence-corrected chi connectivity index (χ2v) is 3.45. The lowest BCUT2D eigenvalue weighted by molar-refractivity contribution is 1.36. The molecular formula is C7H4Cl2. The zero-order valence-corrected chi connectivity index (χ0v) is 6.08. The molecule has 1 aliphatic carbocycles. The van der Waals surface area contributed by atoms with Crippen LogP contribution in [0.2, 0.25) is 0 Å². The van der Waals surface area contributed by atoms with Crippen molar-refractivity contribution in [2.24, 2.45) is 0 Å².